The van der Waals surface area contributed by atoms with Crippen LogP contribution < -0.4 is 5.32 Å². The monoisotopic (exact) mass is 293 g/mol. The van der Waals surface area contributed by atoms with Crippen molar-refractivity contribution < 1.29 is 9.21 Å². The number of hydrogen-bond donors (Lipinski definition) is 1. The molecule has 0 aromatic carbocycles. The van der Waals surface area contributed by atoms with Gasteiger partial charge in [0.2, 0.25) is 0 Å². The van der Waals surface area contributed by atoms with Gasteiger partial charge in [-0.1, -0.05) is 22.6 Å². The van der Waals surface area contributed by atoms with E-state index in [1.165, 1.54) is 6.26 Å². The molecule has 0 bridgehead atoms. The highest BCUT2D eigenvalue weighted by molar-refractivity contribution is 14.1. The molecule has 1 heterocycles. The Labute approximate surface area is 91.0 Å². The first kappa shape index (κ1) is 10.6. The molecule has 0 aliphatic rings. The molecule has 0 fully saturated rings. The van der Waals surface area contributed by atoms with Crippen molar-refractivity contribution >= 4 is 28.5 Å². The first-order valence-electron chi connectivity index (χ1n) is 4.14. The van der Waals surface area contributed by atoms with Crippen molar-refractivity contribution in [1.82, 2.24) is 5.32 Å². The number of hydrogen-bond acceptors (Lipinski definition) is 2. The van der Waals surface area contributed by atoms with Gasteiger partial charge in [0.1, 0.15) is 0 Å². The molecule has 0 spiro atoms. The van der Waals surface area contributed by atoms with Gasteiger partial charge in [-0.15, -0.1) is 0 Å². The summed E-state index contributed by atoms with van der Waals surface area (Å²) in [6, 6.07) is 1.78. The molecule has 72 valence electrons. The number of nitrogens with one attached hydrogen (secondary N) is 1. The molecule has 1 N–H and O–H groups in total. The number of carbonyl (C=O) groups excluding carboxylic acids is 1. The van der Waals surface area contributed by atoms with Crippen LogP contribution in [-0.4, -0.2) is 16.9 Å². The van der Waals surface area contributed by atoms with Gasteiger partial charge in [0.25, 0.3) is 5.91 Å². The van der Waals surface area contributed by atoms with Crippen molar-refractivity contribution in [3.8, 4) is 0 Å². The molecule has 0 atom stereocenters. The SMILES string of the molecule is Cc1ccoc1C(=O)NCCCI. The molecule has 0 aliphatic heterocycles. The van der Waals surface area contributed by atoms with Crippen LogP contribution in [0.15, 0.2) is 16.7 Å². The molecule has 0 radical (unpaired) electrons. The Kier molecular flexibility index (Phi) is 4.27. The van der Waals surface area contributed by atoms with Crippen molar-refractivity contribution in [2.24, 2.45) is 0 Å². The normalized spacial score (nSPS) is 10.0. The van der Waals surface area contributed by atoms with Gasteiger partial charge in [0.15, 0.2) is 5.76 Å². The van der Waals surface area contributed by atoms with Crippen LogP contribution in [0, 0.1) is 6.92 Å². The predicted molar refractivity (Wildman–Crippen MR) is 59.3 cm³/mol. The Morgan fingerprint density at radius 1 is 1.69 bits per heavy atom. The van der Waals surface area contributed by atoms with Gasteiger partial charge < -0.3 is 9.73 Å². The quantitative estimate of drug-likeness (QED) is 0.525. The molecule has 13 heavy (non-hydrogen) atoms. The lowest BCUT2D eigenvalue weighted by Gasteiger charge is -2.01. The molecule has 4 heteroatoms. The summed E-state index contributed by atoms with van der Waals surface area (Å²) in [5.74, 6) is 0.306. The highest BCUT2D eigenvalue weighted by Gasteiger charge is 2.10. The second-order valence-electron chi connectivity index (χ2n) is 2.73. The number of carbonyl (C=O) groups is 1. The van der Waals surface area contributed by atoms with Gasteiger partial charge in [0, 0.05) is 16.5 Å². The summed E-state index contributed by atoms with van der Waals surface area (Å²) in [4.78, 5) is 11.4. The van der Waals surface area contributed by atoms with Crippen LogP contribution in [0.2, 0.25) is 0 Å². The fourth-order valence-electron chi connectivity index (χ4n) is 0.954. The van der Waals surface area contributed by atoms with Crippen LogP contribution in [-0.2, 0) is 0 Å². The summed E-state index contributed by atoms with van der Waals surface area (Å²) in [7, 11) is 0. The van der Waals surface area contributed by atoms with E-state index in [0.29, 0.717) is 12.3 Å². The summed E-state index contributed by atoms with van der Waals surface area (Å²) in [6.45, 7) is 2.57. The second-order valence-corrected chi connectivity index (χ2v) is 3.81. The zero-order chi connectivity index (χ0) is 9.68. The highest BCUT2D eigenvalue weighted by Crippen LogP contribution is 2.07. The Hall–Kier alpha value is -0.520. The average Bonchev–Trinajstić information content (AvgIpc) is 2.52. The van der Waals surface area contributed by atoms with Gasteiger partial charge in [-0.05, 0) is 19.4 Å². The summed E-state index contributed by atoms with van der Waals surface area (Å²) >= 11 is 2.28. The molecule has 3 nitrogen and oxygen atoms in total. The van der Waals surface area contributed by atoms with E-state index in [9.17, 15) is 4.79 Å². The first-order chi connectivity index (χ1) is 6.25. The largest absolute Gasteiger partial charge is 0.459 e. The molecule has 0 saturated carbocycles. The number of aryl methyl sites for hydroxylation is 1. The van der Waals surface area contributed by atoms with Gasteiger partial charge in [0.05, 0.1) is 6.26 Å². The molecule has 0 unspecified atom stereocenters. The van der Waals surface area contributed by atoms with E-state index >= 15 is 0 Å². The molecule has 1 aromatic heterocycles. The van der Waals surface area contributed by atoms with E-state index in [2.05, 4.69) is 27.9 Å². The van der Waals surface area contributed by atoms with Gasteiger partial charge in [-0.3, -0.25) is 4.79 Å². The van der Waals surface area contributed by atoms with Crippen LogP contribution in [0.4, 0.5) is 0 Å². The van der Waals surface area contributed by atoms with Crippen molar-refractivity contribution in [3.05, 3.63) is 23.7 Å². The Morgan fingerprint density at radius 2 is 2.46 bits per heavy atom. The highest BCUT2D eigenvalue weighted by atomic mass is 127. The molecular weight excluding hydrogens is 281 g/mol. The third-order valence-electron chi connectivity index (χ3n) is 1.66. The van der Waals surface area contributed by atoms with Crippen LogP contribution in [0.5, 0.6) is 0 Å². The van der Waals surface area contributed by atoms with Crippen LogP contribution in [0.25, 0.3) is 0 Å². The van der Waals surface area contributed by atoms with Gasteiger partial charge >= 0.3 is 0 Å². The minimum absolute atomic E-state index is 0.118. The summed E-state index contributed by atoms with van der Waals surface area (Å²) in [6.07, 6.45) is 2.52. The third kappa shape index (κ3) is 3.02. The zero-order valence-corrected chi connectivity index (χ0v) is 9.63. The lowest BCUT2D eigenvalue weighted by molar-refractivity contribution is 0.0925. The van der Waals surface area contributed by atoms with E-state index in [0.717, 1.165) is 16.4 Å². The minimum atomic E-state index is -0.118. The van der Waals surface area contributed by atoms with Crippen LogP contribution >= 0.6 is 22.6 Å². The average molecular weight is 293 g/mol. The molecule has 1 rings (SSSR count). The van der Waals surface area contributed by atoms with Crippen molar-refractivity contribution in [2.45, 2.75) is 13.3 Å². The molecule has 0 aliphatic carbocycles. The smallest absolute Gasteiger partial charge is 0.287 e. The van der Waals surface area contributed by atoms with E-state index < -0.39 is 0 Å². The van der Waals surface area contributed by atoms with Crippen LogP contribution in [0.1, 0.15) is 22.5 Å². The lowest BCUT2D eigenvalue weighted by Crippen LogP contribution is -2.24. The molecule has 1 amide bonds. The van der Waals surface area contributed by atoms with Gasteiger partial charge in [-0.2, -0.15) is 0 Å². The standard InChI is InChI=1S/C9H12INO2/c1-7-3-6-13-8(7)9(12)11-5-2-4-10/h3,6H,2,4-5H2,1H3,(H,11,12). The summed E-state index contributed by atoms with van der Waals surface area (Å²) < 4.78 is 6.09. The fourth-order valence-corrected chi connectivity index (χ4v) is 1.34. The third-order valence-corrected chi connectivity index (χ3v) is 2.43. The first-order valence-corrected chi connectivity index (χ1v) is 5.66. The van der Waals surface area contributed by atoms with Crippen molar-refractivity contribution in [1.29, 1.82) is 0 Å². The van der Waals surface area contributed by atoms with Crippen molar-refractivity contribution in [2.75, 3.05) is 11.0 Å². The fraction of sp³-hybridized carbons (Fsp3) is 0.444. The number of amides is 1. The minimum Gasteiger partial charge on any atom is -0.459 e. The lowest BCUT2D eigenvalue weighted by atomic mass is 10.2. The summed E-state index contributed by atoms with van der Waals surface area (Å²) in [5.41, 5.74) is 0.881. The van der Waals surface area contributed by atoms with Crippen LogP contribution in [0.3, 0.4) is 0 Å². The Morgan fingerprint density at radius 3 is 3.00 bits per heavy atom. The number of furan rings is 1. The Balaban J connectivity index is 2.45. The van der Waals surface area contributed by atoms with E-state index in [-0.39, 0.29) is 5.91 Å². The maximum absolute atomic E-state index is 11.4. The molecule has 1 aromatic rings. The number of halogens is 1. The molecular formula is C9H12INO2. The topological polar surface area (TPSA) is 42.2 Å². The molecule has 0 saturated heterocycles. The Bertz CT molecular complexity index is 283. The maximum Gasteiger partial charge on any atom is 0.287 e. The van der Waals surface area contributed by atoms with E-state index in [1.54, 1.807) is 6.07 Å². The number of rotatable bonds is 4. The van der Waals surface area contributed by atoms with E-state index in [1.807, 2.05) is 6.92 Å². The summed E-state index contributed by atoms with van der Waals surface area (Å²) in [5, 5.41) is 2.79. The number of alkyl halides is 1. The van der Waals surface area contributed by atoms with E-state index in [4.69, 9.17) is 4.42 Å². The van der Waals surface area contributed by atoms with Gasteiger partial charge in [-0.25, -0.2) is 0 Å². The second kappa shape index (κ2) is 5.26. The zero-order valence-electron chi connectivity index (χ0n) is 7.47. The van der Waals surface area contributed by atoms with Crippen molar-refractivity contribution in [3.63, 3.8) is 0 Å². The predicted octanol–water partition coefficient (Wildman–Crippen LogP) is 2.14. The maximum atomic E-state index is 11.4.